The first-order chi connectivity index (χ1) is 17.6. The van der Waals surface area contributed by atoms with Crippen LogP contribution in [0.5, 0.6) is 23.0 Å². The van der Waals surface area contributed by atoms with Gasteiger partial charge in [-0.05, 0) is 60.0 Å². The quantitative estimate of drug-likeness (QED) is 0.302. The van der Waals surface area contributed by atoms with Crippen LogP contribution in [-0.4, -0.2) is 25.1 Å². The van der Waals surface area contributed by atoms with Gasteiger partial charge in [0.05, 0.1) is 19.7 Å². The molecule has 6 heteroatoms. The van der Waals surface area contributed by atoms with Crippen LogP contribution < -0.4 is 19.5 Å². The van der Waals surface area contributed by atoms with Crippen molar-refractivity contribution in [3.8, 4) is 23.0 Å². The summed E-state index contributed by atoms with van der Waals surface area (Å²) < 4.78 is 17.1. The number of anilines is 1. The number of ether oxygens (including phenoxy) is 3. The van der Waals surface area contributed by atoms with E-state index in [1.54, 1.807) is 20.4 Å². The lowest BCUT2D eigenvalue weighted by molar-refractivity contribution is -0.120. The highest BCUT2D eigenvalue weighted by atomic mass is 16.5. The largest absolute Gasteiger partial charge is 0.493 e. The number of methoxy groups -OCH3 is 2. The second-order valence-corrected chi connectivity index (χ2v) is 8.68. The second kappa shape index (κ2) is 11.8. The number of rotatable bonds is 6. The van der Waals surface area contributed by atoms with Gasteiger partial charge in [-0.1, -0.05) is 45.2 Å². The van der Waals surface area contributed by atoms with Crippen LogP contribution in [0.15, 0.2) is 60.8 Å². The van der Waals surface area contributed by atoms with E-state index in [0.717, 1.165) is 53.0 Å². The predicted molar refractivity (Wildman–Crippen MR) is 145 cm³/mol. The standard InChI is InChI=1S/C28H28N2O4.C2H6/c1-32-26-16-23-24(17-27(26)33-2)29-13-12-25(23)34-22-11-9-19-14-21(10-8-20(19)15-22)30-28(31)18-6-4-3-5-7-18;1-2/h8-18H,3-7H2,1-2H3,(H,30,31);1-2H3. The first-order valence-electron chi connectivity index (χ1n) is 12.7. The lowest BCUT2D eigenvalue weighted by atomic mass is 9.88. The molecule has 0 atom stereocenters. The minimum absolute atomic E-state index is 0.133. The summed E-state index contributed by atoms with van der Waals surface area (Å²) in [4.78, 5) is 17.0. The van der Waals surface area contributed by atoms with Gasteiger partial charge in [0.15, 0.2) is 11.5 Å². The molecule has 1 saturated carbocycles. The molecule has 1 aromatic heterocycles. The third kappa shape index (κ3) is 5.54. The summed E-state index contributed by atoms with van der Waals surface area (Å²) in [5.41, 5.74) is 1.59. The van der Waals surface area contributed by atoms with Crippen molar-refractivity contribution in [2.24, 2.45) is 5.92 Å². The first kappa shape index (κ1) is 25.3. The summed E-state index contributed by atoms with van der Waals surface area (Å²) in [7, 11) is 3.21. The predicted octanol–water partition coefficient (Wildman–Crippen LogP) is 7.74. The summed E-state index contributed by atoms with van der Waals surface area (Å²) in [6.45, 7) is 4.00. The van der Waals surface area contributed by atoms with Gasteiger partial charge in [-0.15, -0.1) is 0 Å². The van der Waals surface area contributed by atoms with Crippen LogP contribution in [0.2, 0.25) is 0 Å². The van der Waals surface area contributed by atoms with E-state index in [2.05, 4.69) is 10.3 Å². The van der Waals surface area contributed by atoms with E-state index < -0.39 is 0 Å². The number of benzene rings is 3. The number of hydrogen-bond donors (Lipinski definition) is 1. The van der Waals surface area contributed by atoms with E-state index in [9.17, 15) is 4.79 Å². The number of nitrogens with one attached hydrogen (secondary N) is 1. The molecule has 0 saturated heterocycles. The van der Waals surface area contributed by atoms with Gasteiger partial charge in [0.1, 0.15) is 11.5 Å². The van der Waals surface area contributed by atoms with Crippen molar-refractivity contribution in [2.45, 2.75) is 46.0 Å². The average molecular weight is 487 g/mol. The molecule has 5 rings (SSSR count). The normalized spacial score (nSPS) is 13.6. The molecule has 0 unspecified atom stereocenters. The average Bonchev–Trinajstić information content (AvgIpc) is 2.94. The van der Waals surface area contributed by atoms with Crippen molar-refractivity contribution in [1.29, 1.82) is 0 Å². The maximum absolute atomic E-state index is 12.6. The maximum Gasteiger partial charge on any atom is 0.227 e. The van der Waals surface area contributed by atoms with Crippen LogP contribution in [0.3, 0.4) is 0 Å². The maximum atomic E-state index is 12.6. The van der Waals surface area contributed by atoms with Crippen LogP contribution in [0.4, 0.5) is 5.69 Å². The van der Waals surface area contributed by atoms with Crippen molar-refractivity contribution in [3.63, 3.8) is 0 Å². The minimum atomic E-state index is 0.133. The van der Waals surface area contributed by atoms with Crippen LogP contribution in [0.25, 0.3) is 21.7 Å². The Hall–Kier alpha value is -3.80. The van der Waals surface area contributed by atoms with Gasteiger partial charge in [0.25, 0.3) is 0 Å². The van der Waals surface area contributed by atoms with Crippen LogP contribution >= 0.6 is 0 Å². The number of hydrogen-bond acceptors (Lipinski definition) is 5. The fourth-order valence-electron chi connectivity index (χ4n) is 4.64. The molecule has 6 nitrogen and oxygen atoms in total. The van der Waals surface area contributed by atoms with Crippen molar-refractivity contribution < 1.29 is 19.0 Å². The first-order valence-corrected chi connectivity index (χ1v) is 12.7. The Morgan fingerprint density at radius 3 is 2.28 bits per heavy atom. The lowest BCUT2D eigenvalue weighted by Crippen LogP contribution is -2.24. The molecule has 4 aromatic rings. The van der Waals surface area contributed by atoms with E-state index in [-0.39, 0.29) is 11.8 Å². The Morgan fingerprint density at radius 2 is 1.53 bits per heavy atom. The van der Waals surface area contributed by atoms with Gasteiger partial charge in [0.2, 0.25) is 5.91 Å². The summed E-state index contributed by atoms with van der Waals surface area (Å²) in [6.07, 6.45) is 7.22. The molecule has 1 heterocycles. The third-order valence-corrected chi connectivity index (χ3v) is 6.49. The molecule has 0 radical (unpaired) electrons. The smallest absolute Gasteiger partial charge is 0.227 e. The lowest BCUT2D eigenvalue weighted by Gasteiger charge is -2.20. The number of nitrogens with zero attached hydrogens (tertiary/aromatic N) is 1. The Kier molecular flexibility index (Phi) is 8.26. The molecule has 1 aliphatic carbocycles. The highest BCUT2D eigenvalue weighted by Gasteiger charge is 2.21. The SMILES string of the molecule is CC.COc1cc2nccc(Oc3ccc4cc(NC(=O)C5CCCCC5)ccc4c3)c2cc1OC. The van der Waals surface area contributed by atoms with Gasteiger partial charge in [-0.25, -0.2) is 0 Å². The number of amides is 1. The molecule has 0 bridgehead atoms. The zero-order valence-corrected chi connectivity index (χ0v) is 21.5. The molecular formula is C30H34N2O4. The van der Waals surface area contributed by atoms with E-state index in [0.29, 0.717) is 23.0 Å². The molecule has 1 amide bonds. The molecule has 0 aliphatic heterocycles. The van der Waals surface area contributed by atoms with E-state index >= 15 is 0 Å². The third-order valence-electron chi connectivity index (χ3n) is 6.49. The summed E-state index contributed by atoms with van der Waals surface area (Å²) in [5, 5.41) is 6.01. The fraction of sp³-hybridized carbons (Fsp3) is 0.333. The molecule has 1 N–H and O–H groups in total. The van der Waals surface area contributed by atoms with Crippen LogP contribution in [0.1, 0.15) is 46.0 Å². The molecule has 3 aromatic carbocycles. The van der Waals surface area contributed by atoms with Crippen molar-refractivity contribution >= 4 is 33.3 Å². The Bertz CT molecular complexity index is 1350. The Morgan fingerprint density at radius 1 is 0.833 bits per heavy atom. The number of fused-ring (bicyclic) bond motifs is 2. The zero-order chi connectivity index (χ0) is 25.5. The molecule has 188 valence electrons. The molecule has 1 fully saturated rings. The molecular weight excluding hydrogens is 452 g/mol. The van der Waals surface area contributed by atoms with Crippen LogP contribution in [-0.2, 0) is 4.79 Å². The van der Waals surface area contributed by atoms with Crippen molar-refractivity contribution in [1.82, 2.24) is 4.98 Å². The number of pyridine rings is 1. The fourth-order valence-corrected chi connectivity index (χ4v) is 4.64. The Labute approximate surface area is 212 Å². The summed E-state index contributed by atoms with van der Waals surface area (Å²) in [5.74, 6) is 2.91. The van der Waals surface area contributed by atoms with Gasteiger partial charge in [0, 0.05) is 29.3 Å². The highest BCUT2D eigenvalue weighted by molar-refractivity contribution is 5.96. The van der Waals surface area contributed by atoms with Gasteiger partial charge >= 0.3 is 0 Å². The van der Waals surface area contributed by atoms with Crippen LogP contribution in [0, 0.1) is 5.92 Å². The monoisotopic (exact) mass is 486 g/mol. The molecule has 36 heavy (non-hydrogen) atoms. The highest BCUT2D eigenvalue weighted by Crippen LogP contribution is 2.37. The second-order valence-electron chi connectivity index (χ2n) is 8.68. The number of carbonyl (C=O) groups excluding carboxylic acids is 1. The van der Waals surface area contributed by atoms with E-state index in [1.807, 2.05) is 68.4 Å². The summed E-state index contributed by atoms with van der Waals surface area (Å²) >= 11 is 0. The zero-order valence-electron chi connectivity index (χ0n) is 21.5. The molecule has 0 spiro atoms. The number of carbonyl (C=O) groups is 1. The van der Waals surface area contributed by atoms with Crippen molar-refractivity contribution in [3.05, 3.63) is 60.8 Å². The van der Waals surface area contributed by atoms with Gasteiger partial charge in [-0.3, -0.25) is 9.78 Å². The summed E-state index contributed by atoms with van der Waals surface area (Å²) in [6, 6.07) is 17.5. The van der Waals surface area contributed by atoms with Crippen molar-refractivity contribution in [2.75, 3.05) is 19.5 Å². The Balaban J connectivity index is 0.00000148. The van der Waals surface area contributed by atoms with E-state index in [4.69, 9.17) is 14.2 Å². The minimum Gasteiger partial charge on any atom is -0.493 e. The molecule has 1 aliphatic rings. The topological polar surface area (TPSA) is 69.7 Å². The van der Waals surface area contributed by atoms with Gasteiger partial charge < -0.3 is 19.5 Å². The van der Waals surface area contributed by atoms with E-state index in [1.165, 1.54) is 6.42 Å². The number of aromatic nitrogens is 1. The van der Waals surface area contributed by atoms with Gasteiger partial charge in [-0.2, -0.15) is 0 Å².